The molecule has 16 heavy (non-hydrogen) atoms. The average molecular weight is 216 g/mol. The van der Waals surface area contributed by atoms with Gasteiger partial charge in [-0.2, -0.15) is 5.10 Å². The summed E-state index contributed by atoms with van der Waals surface area (Å²) in [5.41, 5.74) is 0.370. The van der Waals surface area contributed by atoms with E-state index in [0.29, 0.717) is 18.5 Å². The van der Waals surface area contributed by atoms with Gasteiger partial charge in [0, 0.05) is 25.4 Å². The molecule has 0 saturated heterocycles. The van der Waals surface area contributed by atoms with Crippen LogP contribution in [0.5, 0.6) is 5.75 Å². The third kappa shape index (κ3) is 2.28. The molecule has 1 heterocycles. The van der Waals surface area contributed by atoms with Crippen LogP contribution in [-0.4, -0.2) is 20.7 Å². The number of Topliss-reactive ketones (excluding diaryl/α,β-unsaturated/α-hetero) is 1. The molecule has 0 bridgehead atoms. The van der Waals surface area contributed by atoms with Crippen molar-refractivity contribution < 1.29 is 9.90 Å². The number of rotatable bonds is 4. The predicted molar refractivity (Wildman–Crippen MR) is 59.3 cm³/mol. The van der Waals surface area contributed by atoms with Gasteiger partial charge in [0.25, 0.3) is 0 Å². The molecule has 4 nitrogen and oxygen atoms in total. The maximum absolute atomic E-state index is 11.8. The van der Waals surface area contributed by atoms with Gasteiger partial charge in [0.15, 0.2) is 5.78 Å². The van der Waals surface area contributed by atoms with Crippen LogP contribution in [0.1, 0.15) is 16.8 Å². The molecule has 2 aromatic rings. The molecule has 1 N–H and O–H groups in total. The summed E-state index contributed by atoms with van der Waals surface area (Å²) in [5.74, 6) is -0.0402. The van der Waals surface area contributed by atoms with E-state index in [-0.39, 0.29) is 11.5 Å². The van der Waals surface area contributed by atoms with Gasteiger partial charge in [0.2, 0.25) is 0 Å². The Kier molecular flexibility index (Phi) is 3.00. The Bertz CT molecular complexity index is 478. The molecule has 0 aliphatic heterocycles. The van der Waals surface area contributed by atoms with Crippen molar-refractivity contribution in [1.82, 2.24) is 9.78 Å². The first-order valence-corrected chi connectivity index (χ1v) is 5.06. The second-order valence-corrected chi connectivity index (χ2v) is 3.46. The lowest BCUT2D eigenvalue weighted by Gasteiger charge is -2.03. The maximum Gasteiger partial charge on any atom is 0.168 e. The smallest absolute Gasteiger partial charge is 0.168 e. The number of aryl methyl sites for hydroxylation is 1. The molecule has 0 saturated carbocycles. The molecular weight excluding hydrogens is 204 g/mol. The zero-order valence-electron chi connectivity index (χ0n) is 8.71. The van der Waals surface area contributed by atoms with E-state index < -0.39 is 0 Å². The lowest BCUT2D eigenvalue weighted by atomic mass is 10.1. The molecule has 1 aromatic heterocycles. The number of nitrogens with zero attached hydrogens (tertiary/aromatic N) is 2. The Hall–Kier alpha value is -2.10. The lowest BCUT2D eigenvalue weighted by molar-refractivity contribution is 0.0973. The summed E-state index contributed by atoms with van der Waals surface area (Å²) in [6, 6.07) is 8.38. The normalized spacial score (nSPS) is 10.2. The van der Waals surface area contributed by atoms with Crippen LogP contribution >= 0.6 is 0 Å². The number of carbonyl (C=O) groups excluding carboxylic acids is 1. The van der Waals surface area contributed by atoms with Crippen molar-refractivity contribution in [3.63, 3.8) is 0 Å². The number of aromatic hydroxyl groups is 1. The van der Waals surface area contributed by atoms with Crippen molar-refractivity contribution in [3.05, 3.63) is 48.3 Å². The predicted octanol–water partition coefficient (Wildman–Crippen LogP) is 1.86. The third-order valence-corrected chi connectivity index (χ3v) is 2.33. The number of para-hydroxylation sites is 1. The topological polar surface area (TPSA) is 55.1 Å². The molecule has 2 rings (SSSR count). The van der Waals surface area contributed by atoms with E-state index in [1.807, 2.05) is 6.07 Å². The minimum Gasteiger partial charge on any atom is -0.507 e. The largest absolute Gasteiger partial charge is 0.507 e. The molecule has 0 radical (unpaired) electrons. The Labute approximate surface area is 93.1 Å². The Morgan fingerprint density at radius 1 is 1.31 bits per heavy atom. The fourth-order valence-corrected chi connectivity index (χ4v) is 1.49. The maximum atomic E-state index is 11.8. The van der Waals surface area contributed by atoms with Crippen molar-refractivity contribution in [2.24, 2.45) is 0 Å². The minimum atomic E-state index is -0.0754. The summed E-state index contributed by atoms with van der Waals surface area (Å²) in [4.78, 5) is 11.8. The highest BCUT2D eigenvalue weighted by Gasteiger charge is 2.09. The molecule has 0 unspecified atom stereocenters. The van der Waals surface area contributed by atoms with E-state index in [1.54, 1.807) is 35.3 Å². The van der Waals surface area contributed by atoms with Gasteiger partial charge in [-0.25, -0.2) is 0 Å². The number of benzene rings is 1. The summed E-state index contributed by atoms with van der Waals surface area (Å²) in [6.45, 7) is 0.528. The van der Waals surface area contributed by atoms with Crippen LogP contribution in [0, 0.1) is 0 Å². The molecule has 0 atom stereocenters. The Morgan fingerprint density at radius 3 is 2.81 bits per heavy atom. The minimum absolute atomic E-state index is 0.0352. The molecule has 1 aromatic carbocycles. The summed E-state index contributed by atoms with van der Waals surface area (Å²) in [5, 5.41) is 13.5. The van der Waals surface area contributed by atoms with Crippen LogP contribution in [0.3, 0.4) is 0 Å². The summed E-state index contributed by atoms with van der Waals surface area (Å²) >= 11 is 0. The van der Waals surface area contributed by atoms with Crippen LogP contribution in [0.25, 0.3) is 0 Å². The number of carbonyl (C=O) groups is 1. The molecule has 82 valence electrons. The Balaban J connectivity index is 2.01. The summed E-state index contributed by atoms with van der Waals surface area (Å²) in [6.07, 6.45) is 3.81. The fourth-order valence-electron chi connectivity index (χ4n) is 1.49. The van der Waals surface area contributed by atoms with Gasteiger partial charge >= 0.3 is 0 Å². The molecule has 0 amide bonds. The second kappa shape index (κ2) is 4.61. The first kappa shape index (κ1) is 10.4. The molecule has 0 spiro atoms. The van der Waals surface area contributed by atoms with Crippen molar-refractivity contribution in [1.29, 1.82) is 0 Å². The lowest BCUT2D eigenvalue weighted by Crippen LogP contribution is -2.06. The van der Waals surface area contributed by atoms with Crippen molar-refractivity contribution in [3.8, 4) is 5.75 Å². The highest BCUT2D eigenvalue weighted by atomic mass is 16.3. The van der Waals surface area contributed by atoms with E-state index >= 15 is 0 Å². The standard InChI is InChI=1S/C12H12N2O2/c15-11-5-2-1-4-10(11)12(16)6-9-14-8-3-7-13-14/h1-5,7-8,15H,6,9H2. The van der Waals surface area contributed by atoms with E-state index in [0.717, 1.165) is 0 Å². The van der Waals surface area contributed by atoms with E-state index in [4.69, 9.17) is 0 Å². The zero-order valence-corrected chi connectivity index (χ0v) is 8.71. The highest BCUT2D eigenvalue weighted by Crippen LogP contribution is 2.17. The summed E-state index contributed by atoms with van der Waals surface area (Å²) in [7, 11) is 0. The number of phenolic OH excluding ortho intramolecular Hbond substituents is 1. The van der Waals surface area contributed by atoms with Gasteiger partial charge in [-0.3, -0.25) is 9.48 Å². The Morgan fingerprint density at radius 2 is 2.12 bits per heavy atom. The first-order valence-electron chi connectivity index (χ1n) is 5.06. The van der Waals surface area contributed by atoms with Gasteiger partial charge in [-0.15, -0.1) is 0 Å². The van der Waals surface area contributed by atoms with Crippen LogP contribution in [-0.2, 0) is 6.54 Å². The number of aromatic nitrogens is 2. The number of hydrogen-bond acceptors (Lipinski definition) is 3. The van der Waals surface area contributed by atoms with Gasteiger partial charge < -0.3 is 5.11 Å². The quantitative estimate of drug-likeness (QED) is 0.793. The number of phenols is 1. The second-order valence-electron chi connectivity index (χ2n) is 3.46. The third-order valence-electron chi connectivity index (χ3n) is 2.33. The zero-order chi connectivity index (χ0) is 11.4. The van der Waals surface area contributed by atoms with Gasteiger partial charge in [-0.05, 0) is 18.2 Å². The highest BCUT2D eigenvalue weighted by molar-refractivity contribution is 5.98. The van der Waals surface area contributed by atoms with Crippen LogP contribution in [0.2, 0.25) is 0 Å². The first-order chi connectivity index (χ1) is 7.77. The monoisotopic (exact) mass is 216 g/mol. The van der Waals surface area contributed by atoms with Gasteiger partial charge in [0.1, 0.15) is 5.75 Å². The fraction of sp³-hybridized carbons (Fsp3) is 0.167. The van der Waals surface area contributed by atoms with E-state index in [2.05, 4.69) is 5.10 Å². The van der Waals surface area contributed by atoms with Crippen LogP contribution < -0.4 is 0 Å². The van der Waals surface area contributed by atoms with E-state index in [9.17, 15) is 9.90 Å². The van der Waals surface area contributed by atoms with Crippen LogP contribution in [0.4, 0.5) is 0 Å². The van der Waals surface area contributed by atoms with Crippen LogP contribution in [0.15, 0.2) is 42.7 Å². The molecule has 0 fully saturated rings. The van der Waals surface area contributed by atoms with Gasteiger partial charge in [0.05, 0.1) is 5.56 Å². The van der Waals surface area contributed by atoms with Crippen molar-refractivity contribution in [2.45, 2.75) is 13.0 Å². The molecule has 0 aliphatic rings. The number of ketones is 1. The SMILES string of the molecule is O=C(CCn1cccn1)c1ccccc1O. The average Bonchev–Trinajstić information content (AvgIpc) is 2.79. The molecule has 0 aliphatic carbocycles. The van der Waals surface area contributed by atoms with E-state index in [1.165, 1.54) is 6.07 Å². The van der Waals surface area contributed by atoms with Crippen molar-refractivity contribution >= 4 is 5.78 Å². The molecular formula is C12H12N2O2. The number of hydrogen-bond donors (Lipinski definition) is 1. The van der Waals surface area contributed by atoms with Crippen molar-refractivity contribution in [2.75, 3.05) is 0 Å². The molecule has 4 heteroatoms. The van der Waals surface area contributed by atoms with Gasteiger partial charge in [-0.1, -0.05) is 12.1 Å². The summed E-state index contributed by atoms with van der Waals surface area (Å²) < 4.78 is 1.69.